The molecule has 2 aliphatic heterocycles. The van der Waals surface area contributed by atoms with Crippen molar-refractivity contribution >= 4 is 5.96 Å². The molecule has 2 aliphatic rings. The third kappa shape index (κ3) is 5.10. The van der Waals surface area contributed by atoms with Gasteiger partial charge in [0.1, 0.15) is 6.10 Å². The predicted molar refractivity (Wildman–Crippen MR) is 124 cm³/mol. The summed E-state index contributed by atoms with van der Waals surface area (Å²) in [5.41, 5.74) is 4.05. The summed E-state index contributed by atoms with van der Waals surface area (Å²) < 4.78 is 7.85. The van der Waals surface area contributed by atoms with Crippen molar-refractivity contribution < 1.29 is 4.74 Å². The molecule has 0 radical (unpaired) electrons. The van der Waals surface area contributed by atoms with Crippen LogP contribution < -0.4 is 5.32 Å². The maximum Gasteiger partial charge on any atom is 0.194 e. The number of nitrogens with one attached hydrogen (secondary N) is 1. The molecule has 0 saturated carbocycles. The number of benzene rings is 1. The van der Waals surface area contributed by atoms with Crippen LogP contribution >= 0.6 is 0 Å². The zero-order chi connectivity index (χ0) is 21.8. The summed E-state index contributed by atoms with van der Waals surface area (Å²) in [6.45, 7) is 12.8. The van der Waals surface area contributed by atoms with Crippen LogP contribution in [0.3, 0.4) is 0 Å². The van der Waals surface area contributed by atoms with Gasteiger partial charge in [-0.25, -0.2) is 0 Å². The van der Waals surface area contributed by atoms with Crippen molar-refractivity contribution in [2.24, 2.45) is 12.0 Å². The summed E-state index contributed by atoms with van der Waals surface area (Å²) in [5, 5.41) is 7.80. The van der Waals surface area contributed by atoms with Gasteiger partial charge < -0.3 is 15.0 Å². The zero-order valence-corrected chi connectivity index (χ0v) is 19.3. The summed E-state index contributed by atoms with van der Waals surface area (Å²) >= 11 is 0. The highest BCUT2D eigenvalue weighted by Crippen LogP contribution is 2.26. The molecule has 1 N–H and O–H groups in total. The van der Waals surface area contributed by atoms with Gasteiger partial charge in [0.25, 0.3) is 0 Å². The maximum atomic E-state index is 6.02. The Morgan fingerprint density at radius 1 is 1.26 bits per heavy atom. The van der Waals surface area contributed by atoms with Crippen LogP contribution in [0.1, 0.15) is 43.6 Å². The zero-order valence-electron chi connectivity index (χ0n) is 19.3. The standard InChI is InChI=1S/C24H36N6O/c1-5-25-23(29-12-13-31-22(17-29)21-14-27-28(4)15-21)26-18-24(2,3)30-11-10-19-8-6-7-9-20(19)16-30/h6-9,14-15,22H,5,10-13,16-18H2,1-4H3,(H,25,26). The van der Waals surface area contributed by atoms with Crippen LogP contribution in [0.15, 0.2) is 41.7 Å². The molecule has 4 rings (SSSR count). The second kappa shape index (κ2) is 9.40. The number of hydrogen-bond donors (Lipinski definition) is 1. The van der Waals surface area contributed by atoms with E-state index in [4.69, 9.17) is 9.73 Å². The van der Waals surface area contributed by atoms with E-state index in [-0.39, 0.29) is 11.6 Å². The van der Waals surface area contributed by atoms with Crippen molar-refractivity contribution in [3.8, 4) is 0 Å². The summed E-state index contributed by atoms with van der Waals surface area (Å²) in [4.78, 5) is 9.98. The van der Waals surface area contributed by atoms with Crippen molar-refractivity contribution in [2.75, 3.05) is 39.3 Å². The van der Waals surface area contributed by atoms with Crippen molar-refractivity contribution in [2.45, 2.75) is 45.4 Å². The molecule has 7 heteroatoms. The first-order chi connectivity index (χ1) is 15.0. The summed E-state index contributed by atoms with van der Waals surface area (Å²) in [7, 11) is 1.94. The van der Waals surface area contributed by atoms with Crippen molar-refractivity contribution in [3.63, 3.8) is 0 Å². The van der Waals surface area contributed by atoms with E-state index in [9.17, 15) is 0 Å². The Bertz CT molecular complexity index is 905. The quantitative estimate of drug-likeness (QED) is 0.591. The normalized spacial score (nSPS) is 20.6. The molecule has 1 aromatic carbocycles. The number of hydrogen-bond acceptors (Lipinski definition) is 4. The molecular formula is C24H36N6O. The number of fused-ring (bicyclic) bond motifs is 1. The van der Waals surface area contributed by atoms with Crippen molar-refractivity contribution in [1.29, 1.82) is 0 Å². The van der Waals surface area contributed by atoms with Gasteiger partial charge >= 0.3 is 0 Å². The molecule has 1 unspecified atom stereocenters. The second-order valence-corrected chi connectivity index (χ2v) is 9.18. The van der Waals surface area contributed by atoms with Gasteiger partial charge in [0.15, 0.2) is 5.96 Å². The number of rotatable bonds is 5. The van der Waals surface area contributed by atoms with Crippen molar-refractivity contribution in [1.82, 2.24) is 24.9 Å². The summed E-state index contributed by atoms with van der Waals surface area (Å²) in [5.74, 6) is 0.977. The minimum absolute atomic E-state index is 0.0107. The van der Waals surface area contributed by atoms with Gasteiger partial charge in [0, 0.05) is 50.5 Å². The van der Waals surface area contributed by atoms with E-state index in [2.05, 4.69) is 65.3 Å². The van der Waals surface area contributed by atoms with Crippen LogP contribution in [0.4, 0.5) is 0 Å². The van der Waals surface area contributed by atoms with E-state index in [1.165, 1.54) is 11.1 Å². The van der Waals surface area contributed by atoms with Gasteiger partial charge in [-0.3, -0.25) is 14.6 Å². The molecule has 0 bridgehead atoms. The van der Waals surface area contributed by atoms with E-state index in [0.29, 0.717) is 6.61 Å². The number of nitrogens with zero attached hydrogens (tertiary/aromatic N) is 5. The Morgan fingerprint density at radius 3 is 2.81 bits per heavy atom. The molecule has 1 atom stereocenters. The van der Waals surface area contributed by atoms with Gasteiger partial charge in [0.05, 0.1) is 25.9 Å². The van der Waals surface area contributed by atoms with E-state index in [1.807, 2.05) is 24.1 Å². The Hall–Kier alpha value is -2.38. The molecular weight excluding hydrogens is 388 g/mol. The van der Waals surface area contributed by atoms with Gasteiger partial charge in [-0.2, -0.15) is 5.10 Å². The lowest BCUT2D eigenvalue weighted by atomic mass is 9.94. The first kappa shape index (κ1) is 21.8. The fourth-order valence-electron chi connectivity index (χ4n) is 4.46. The molecule has 0 aliphatic carbocycles. The lowest BCUT2D eigenvalue weighted by Crippen LogP contribution is -2.51. The van der Waals surface area contributed by atoms with Crippen LogP contribution in [0.5, 0.6) is 0 Å². The van der Waals surface area contributed by atoms with E-state index in [0.717, 1.165) is 57.2 Å². The Labute approximate surface area is 186 Å². The summed E-state index contributed by atoms with van der Waals surface area (Å²) in [6.07, 6.45) is 5.07. The first-order valence-electron chi connectivity index (χ1n) is 11.4. The Morgan fingerprint density at radius 2 is 2.06 bits per heavy atom. The van der Waals surface area contributed by atoms with Gasteiger partial charge in [-0.15, -0.1) is 0 Å². The Kier molecular flexibility index (Phi) is 6.62. The second-order valence-electron chi connectivity index (χ2n) is 9.18. The molecule has 1 fully saturated rings. The molecule has 0 spiro atoms. The number of guanidine groups is 1. The Balaban J connectivity index is 1.44. The van der Waals surface area contributed by atoms with E-state index >= 15 is 0 Å². The highest BCUT2D eigenvalue weighted by atomic mass is 16.5. The van der Waals surface area contributed by atoms with Gasteiger partial charge in [0.2, 0.25) is 0 Å². The third-order valence-corrected chi connectivity index (χ3v) is 6.40. The molecule has 31 heavy (non-hydrogen) atoms. The predicted octanol–water partition coefficient (Wildman–Crippen LogP) is 2.60. The van der Waals surface area contributed by atoms with Crippen LogP contribution in [0.2, 0.25) is 0 Å². The number of ether oxygens (including phenoxy) is 1. The lowest BCUT2D eigenvalue weighted by Gasteiger charge is -2.41. The number of aryl methyl sites for hydroxylation is 1. The number of morpholine rings is 1. The molecule has 0 amide bonds. The SMILES string of the molecule is CCNC(=NCC(C)(C)N1CCc2ccccc2C1)N1CCOC(c2cnn(C)c2)C1. The number of aliphatic imine (C=N–C) groups is 1. The van der Waals surface area contributed by atoms with E-state index in [1.54, 1.807) is 0 Å². The van der Waals surface area contributed by atoms with E-state index < -0.39 is 0 Å². The molecule has 1 aromatic heterocycles. The van der Waals surface area contributed by atoms with Gasteiger partial charge in [-0.05, 0) is 38.3 Å². The fraction of sp³-hybridized carbons (Fsp3) is 0.583. The van der Waals surface area contributed by atoms with Gasteiger partial charge in [-0.1, -0.05) is 24.3 Å². The van der Waals surface area contributed by atoms with Crippen LogP contribution in [0.25, 0.3) is 0 Å². The fourth-order valence-corrected chi connectivity index (χ4v) is 4.46. The largest absolute Gasteiger partial charge is 0.370 e. The lowest BCUT2D eigenvalue weighted by molar-refractivity contribution is -0.00816. The van der Waals surface area contributed by atoms with Crippen LogP contribution in [-0.4, -0.2) is 70.4 Å². The molecule has 7 nitrogen and oxygen atoms in total. The van der Waals surface area contributed by atoms with Crippen molar-refractivity contribution in [3.05, 3.63) is 53.3 Å². The molecule has 3 heterocycles. The molecule has 2 aromatic rings. The minimum Gasteiger partial charge on any atom is -0.370 e. The average Bonchev–Trinajstić information content (AvgIpc) is 3.23. The molecule has 168 valence electrons. The molecule has 1 saturated heterocycles. The highest BCUT2D eigenvalue weighted by molar-refractivity contribution is 5.80. The first-order valence-corrected chi connectivity index (χ1v) is 11.4. The van der Waals surface area contributed by atoms with Crippen LogP contribution in [0, 0.1) is 0 Å². The maximum absolute atomic E-state index is 6.02. The third-order valence-electron chi connectivity index (χ3n) is 6.40. The average molecular weight is 425 g/mol. The topological polar surface area (TPSA) is 57.9 Å². The highest BCUT2D eigenvalue weighted by Gasteiger charge is 2.31. The summed E-state index contributed by atoms with van der Waals surface area (Å²) in [6, 6.07) is 8.82. The minimum atomic E-state index is -0.0107. The smallest absolute Gasteiger partial charge is 0.194 e. The monoisotopic (exact) mass is 424 g/mol. The number of aromatic nitrogens is 2. The van der Waals surface area contributed by atoms with Crippen LogP contribution in [-0.2, 0) is 24.8 Å².